The van der Waals surface area contributed by atoms with E-state index in [2.05, 4.69) is 17.4 Å². The van der Waals surface area contributed by atoms with Crippen LogP contribution in [0.2, 0.25) is 0 Å². The molecule has 0 bridgehead atoms. The van der Waals surface area contributed by atoms with Crippen molar-refractivity contribution in [1.29, 1.82) is 0 Å². The maximum absolute atomic E-state index is 8.62. The SMILES string of the molecule is CC1CCC(CCNCc2ccc(C(N)=NO)cc2)CC1. The van der Waals surface area contributed by atoms with Gasteiger partial charge in [0.05, 0.1) is 0 Å². The fourth-order valence-corrected chi connectivity index (χ4v) is 3.01. The van der Waals surface area contributed by atoms with Crippen molar-refractivity contribution >= 4 is 5.84 Å². The zero-order valence-electron chi connectivity index (χ0n) is 12.9. The molecule has 0 atom stereocenters. The third-order valence-corrected chi connectivity index (χ3v) is 4.55. The number of hydrogen-bond donors (Lipinski definition) is 3. The molecule has 1 aromatic carbocycles. The zero-order valence-corrected chi connectivity index (χ0v) is 12.9. The predicted octanol–water partition coefficient (Wildman–Crippen LogP) is 3.09. The number of nitrogens with one attached hydrogen (secondary N) is 1. The van der Waals surface area contributed by atoms with Crippen LogP contribution in [0, 0.1) is 11.8 Å². The van der Waals surface area contributed by atoms with Crippen molar-refractivity contribution in [2.24, 2.45) is 22.7 Å². The lowest BCUT2D eigenvalue weighted by Gasteiger charge is -2.26. The van der Waals surface area contributed by atoms with E-state index < -0.39 is 0 Å². The molecular weight excluding hydrogens is 262 g/mol. The van der Waals surface area contributed by atoms with Crippen molar-refractivity contribution in [3.8, 4) is 0 Å². The lowest BCUT2D eigenvalue weighted by Crippen LogP contribution is -2.20. The van der Waals surface area contributed by atoms with Crippen LogP contribution in [0.25, 0.3) is 0 Å². The average Bonchev–Trinajstić information content (AvgIpc) is 2.53. The molecule has 2 rings (SSSR count). The van der Waals surface area contributed by atoms with Gasteiger partial charge in [-0.3, -0.25) is 0 Å². The molecule has 0 aromatic heterocycles. The van der Waals surface area contributed by atoms with Crippen LogP contribution in [-0.4, -0.2) is 17.6 Å². The summed E-state index contributed by atoms with van der Waals surface area (Å²) in [6.45, 7) is 4.33. The largest absolute Gasteiger partial charge is 0.409 e. The van der Waals surface area contributed by atoms with E-state index in [1.165, 1.54) is 37.7 Å². The highest BCUT2D eigenvalue weighted by Crippen LogP contribution is 2.29. The number of benzene rings is 1. The molecule has 0 amide bonds. The molecule has 4 N–H and O–H groups in total. The normalized spacial score (nSPS) is 23.2. The fourth-order valence-electron chi connectivity index (χ4n) is 3.01. The molecule has 0 unspecified atom stereocenters. The first-order chi connectivity index (χ1) is 10.2. The van der Waals surface area contributed by atoms with Gasteiger partial charge in [-0.1, -0.05) is 62.0 Å². The van der Waals surface area contributed by atoms with Crippen molar-refractivity contribution < 1.29 is 5.21 Å². The van der Waals surface area contributed by atoms with Crippen LogP contribution in [0.3, 0.4) is 0 Å². The highest BCUT2D eigenvalue weighted by Gasteiger charge is 2.17. The molecule has 0 radical (unpaired) electrons. The van der Waals surface area contributed by atoms with Crippen molar-refractivity contribution in [2.75, 3.05) is 6.54 Å². The maximum Gasteiger partial charge on any atom is 0.170 e. The summed E-state index contributed by atoms with van der Waals surface area (Å²) in [5.41, 5.74) is 7.51. The number of rotatable bonds is 6. The first-order valence-electron chi connectivity index (χ1n) is 7.96. The van der Waals surface area contributed by atoms with Gasteiger partial charge >= 0.3 is 0 Å². The summed E-state index contributed by atoms with van der Waals surface area (Å²) in [6, 6.07) is 7.80. The van der Waals surface area contributed by atoms with E-state index in [9.17, 15) is 0 Å². The molecule has 1 saturated carbocycles. The van der Waals surface area contributed by atoms with Crippen molar-refractivity contribution in [3.05, 3.63) is 35.4 Å². The number of nitrogens with two attached hydrogens (primary N) is 1. The van der Waals surface area contributed by atoms with Crippen LogP contribution in [-0.2, 0) is 6.54 Å². The molecule has 4 heteroatoms. The fraction of sp³-hybridized carbons (Fsp3) is 0.588. The van der Waals surface area contributed by atoms with Crippen LogP contribution < -0.4 is 11.1 Å². The van der Waals surface area contributed by atoms with E-state index >= 15 is 0 Å². The minimum absolute atomic E-state index is 0.154. The van der Waals surface area contributed by atoms with Gasteiger partial charge in [0.25, 0.3) is 0 Å². The van der Waals surface area contributed by atoms with Crippen LogP contribution >= 0.6 is 0 Å². The Hall–Kier alpha value is -1.55. The number of amidine groups is 1. The Morgan fingerprint density at radius 1 is 1.24 bits per heavy atom. The van der Waals surface area contributed by atoms with E-state index in [0.717, 1.165) is 30.5 Å². The molecule has 0 heterocycles. The molecule has 4 nitrogen and oxygen atoms in total. The minimum Gasteiger partial charge on any atom is -0.409 e. The summed E-state index contributed by atoms with van der Waals surface area (Å²) in [6.07, 6.45) is 6.89. The molecule has 0 aliphatic heterocycles. The molecule has 1 fully saturated rings. The van der Waals surface area contributed by atoms with E-state index in [1.54, 1.807) is 0 Å². The van der Waals surface area contributed by atoms with Crippen LogP contribution in [0.5, 0.6) is 0 Å². The van der Waals surface area contributed by atoms with Gasteiger partial charge in [0.1, 0.15) is 0 Å². The Morgan fingerprint density at radius 3 is 2.52 bits per heavy atom. The van der Waals surface area contributed by atoms with Gasteiger partial charge in [0.15, 0.2) is 5.84 Å². The quantitative estimate of drug-likeness (QED) is 0.248. The van der Waals surface area contributed by atoms with Gasteiger partial charge in [-0.25, -0.2) is 0 Å². The summed E-state index contributed by atoms with van der Waals surface area (Å²) in [5.74, 6) is 2.00. The van der Waals surface area contributed by atoms with Crippen LogP contribution in [0.15, 0.2) is 29.4 Å². The van der Waals surface area contributed by atoms with Crippen molar-refractivity contribution in [2.45, 2.75) is 45.6 Å². The molecule has 21 heavy (non-hydrogen) atoms. The smallest absolute Gasteiger partial charge is 0.170 e. The summed E-state index contributed by atoms with van der Waals surface area (Å²) < 4.78 is 0. The topological polar surface area (TPSA) is 70.6 Å². The Balaban J connectivity index is 1.67. The standard InChI is InChI=1S/C17H27N3O/c1-13-2-4-14(5-3-13)10-11-19-12-15-6-8-16(9-7-15)17(18)20-21/h6-9,13-14,19,21H,2-5,10-12H2,1H3,(H2,18,20). The molecular formula is C17H27N3O. The predicted molar refractivity (Wildman–Crippen MR) is 86.4 cm³/mol. The monoisotopic (exact) mass is 289 g/mol. The van der Waals surface area contributed by atoms with Crippen molar-refractivity contribution in [1.82, 2.24) is 5.32 Å². The molecule has 1 aliphatic rings. The number of nitrogens with zero attached hydrogens (tertiary/aromatic N) is 1. The molecule has 0 spiro atoms. The molecule has 0 saturated heterocycles. The van der Waals surface area contributed by atoms with Crippen LogP contribution in [0.4, 0.5) is 0 Å². The summed E-state index contributed by atoms with van der Waals surface area (Å²) in [7, 11) is 0. The number of oxime groups is 1. The van der Waals surface area contributed by atoms with E-state index in [1.807, 2.05) is 24.3 Å². The average molecular weight is 289 g/mol. The van der Waals surface area contributed by atoms with Crippen LogP contribution in [0.1, 0.15) is 50.2 Å². The van der Waals surface area contributed by atoms with Gasteiger partial charge in [-0.05, 0) is 30.4 Å². The summed E-state index contributed by atoms with van der Waals surface area (Å²) in [4.78, 5) is 0. The van der Waals surface area contributed by atoms with Crippen molar-refractivity contribution in [3.63, 3.8) is 0 Å². The molecule has 1 aromatic rings. The number of hydrogen-bond acceptors (Lipinski definition) is 3. The van der Waals surface area contributed by atoms with E-state index in [0.29, 0.717) is 0 Å². The first-order valence-corrected chi connectivity index (χ1v) is 7.96. The second-order valence-electron chi connectivity index (χ2n) is 6.27. The third-order valence-electron chi connectivity index (χ3n) is 4.55. The van der Waals surface area contributed by atoms with Gasteiger partial charge in [-0.15, -0.1) is 0 Å². The Bertz CT molecular complexity index is 448. The molecule has 1 aliphatic carbocycles. The second kappa shape index (κ2) is 8.03. The third kappa shape index (κ3) is 5.05. The maximum atomic E-state index is 8.62. The Morgan fingerprint density at radius 2 is 1.90 bits per heavy atom. The highest BCUT2D eigenvalue weighted by atomic mass is 16.4. The van der Waals surface area contributed by atoms with E-state index in [4.69, 9.17) is 10.9 Å². The Kier molecular flexibility index (Phi) is 6.05. The zero-order chi connectivity index (χ0) is 15.1. The lowest BCUT2D eigenvalue weighted by atomic mass is 9.81. The lowest BCUT2D eigenvalue weighted by molar-refractivity contribution is 0.275. The molecule has 116 valence electrons. The van der Waals surface area contributed by atoms with Gasteiger partial charge in [0.2, 0.25) is 0 Å². The highest BCUT2D eigenvalue weighted by molar-refractivity contribution is 5.96. The first kappa shape index (κ1) is 15.8. The summed E-state index contributed by atoms with van der Waals surface area (Å²) >= 11 is 0. The van der Waals surface area contributed by atoms with Gasteiger partial charge in [0, 0.05) is 12.1 Å². The van der Waals surface area contributed by atoms with E-state index in [-0.39, 0.29) is 5.84 Å². The second-order valence-corrected chi connectivity index (χ2v) is 6.27. The Labute approximate surface area is 127 Å². The van der Waals surface area contributed by atoms with Gasteiger partial charge < -0.3 is 16.3 Å². The summed E-state index contributed by atoms with van der Waals surface area (Å²) in [5, 5.41) is 15.1. The minimum atomic E-state index is 0.154. The van der Waals surface area contributed by atoms with Gasteiger partial charge in [-0.2, -0.15) is 0 Å².